The minimum Gasteiger partial charge on any atom is -0.354 e. The first-order valence-electron chi connectivity index (χ1n) is 9.63. The van der Waals surface area contributed by atoms with E-state index in [1.54, 1.807) is 24.3 Å². The second-order valence-electron chi connectivity index (χ2n) is 7.02. The van der Waals surface area contributed by atoms with E-state index >= 15 is 0 Å². The third-order valence-electron chi connectivity index (χ3n) is 5.07. The summed E-state index contributed by atoms with van der Waals surface area (Å²) in [6.07, 6.45) is 2.39. The van der Waals surface area contributed by atoms with Crippen LogP contribution in [-0.2, 0) is 16.1 Å². The molecule has 0 unspecified atom stereocenters. The van der Waals surface area contributed by atoms with Gasteiger partial charge in [0.2, 0.25) is 11.8 Å². The standard InChI is InChI=1S/C22H22N4O3/c27-20(23-12-14-26-13-11-15-5-1-4-8-19(15)26)10-9-18-22(29)24-17-7-3-2-6-16(17)21(28)25-18/h1-8,11,13,18H,9-10,12,14H2,(H,23,27)(H,24,29)(H,25,28)/t18-/m0/s1. The number of nitrogens with zero attached hydrogens (tertiary/aromatic N) is 1. The molecule has 7 nitrogen and oxygen atoms in total. The van der Waals surface area contributed by atoms with E-state index in [2.05, 4.69) is 26.6 Å². The summed E-state index contributed by atoms with van der Waals surface area (Å²) < 4.78 is 2.09. The molecular weight excluding hydrogens is 368 g/mol. The van der Waals surface area contributed by atoms with Crippen LogP contribution in [0.4, 0.5) is 5.69 Å². The number of aromatic nitrogens is 1. The Hall–Kier alpha value is -3.61. The molecule has 0 fully saturated rings. The van der Waals surface area contributed by atoms with E-state index in [-0.39, 0.29) is 30.6 Å². The molecule has 0 bridgehead atoms. The lowest BCUT2D eigenvalue weighted by Crippen LogP contribution is -2.42. The van der Waals surface area contributed by atoms with E-state index in [0.29, 0.717) is 24.3 Å². The maximum Gasteiger partial charge on any atom is 0.254 e. The number of para-hydroxylation sites is 2. The van der Waals surface area contributed by atoms with Crippen molar-refractivity contribution in [2.75, 3.05) is 11.9 Å². The predicted molar refractivity (Wildman–Crippen MR) is 111 cm³/mol. The first-order chi connectivity index (χ1) is 14.1. The van der Waals surface area contributed by atoms with Gasteiger partial charge in [-0.15, -0.1) is 0 Å². The Morgan fingerprint density at radius 2 is 1.83 bits per heavy atom. The predicted octanol–water partition coefficient (Wildman–Crippen LogP) is 2.29. The van der Waals surface area contributed by atoms with Gasteiger partial charge in [0.25, 0.3) is 5.91 Å². The lowest BCUT2D eigenvalue weighted by molar-refractivity contribution is -0.121. The number of carbonyl (C=O) groups excluding carboxylic acids is 3. The Morgan fingerprint density at radius 3 is 2.72 bits per heavy atom. The second kappa shape index (κ2) is 8.18. The molecule has 7 heteroatoms. The summed E-state index contributed by atoms with van der Waals surface area (Å²) in [6, 6.07) is 16.2. The van der Waals surface area contributed by atoms with Crippen LogP contribution in [-0.4, -0.2) is 34.9 Å². The number of fused-ring (bicyclic) bond motifs is 2. The average Bonchev–Trinajstić information content (AvgIpc) is 3.09. The van der Waals surface area contributed by atoms with Crippen molar-refractivity contribution in [3.05, 3.63) is 66.4 Å². The minimum absolute atomic E-state index is 0.148. The van der Waals surface area contributed by atoms with Crippen molar-refractivity contribution in [1.82, 2.24) is 15.2 Å². The van der Waals surface area contributed by atoms with Gasteiger partial charge in [-0.05, 0) is 36.1 Å². The number of rotatable bonds is 6. The second-order valence-corrected chi connectivity index (χ2v) is 7.02. The first kappa shape index (κ1) is 18.7. The van der Waals surface area contributed by atoms with Gasteiger partial charge in [-0.2, -0.15) is 0 Å². The first-order valence-corrected chi connectivity index (χ1v) is 9.63. The highest BCUT2D eigenvalue weighted by atomic mass is 16.2. The molecule has 148 valence electrons. The molecule has 2 heterocycles. The van der Waals surface area contributed by atoms with E-state index in [4.69, 9.17) is 0 Å². The zero-order chi connectivity index (χ0) is 20.2. The van der Waals surface area contributed by atoms with Crippen molar-refractivity contribution < 1.29 is 14.4 Å². The number of nitrogens with one attached hydrogen (secondary N) is 3. The van der Waals surface area contributed by atoms with Crippen LogP contribution in [0, 0.1) is 0 Å². The zero-order valence-electron chi connectivity index (χ0n) is 15.9. The third-order valence-corrected chi connectivity index (χ3v) is 5.07. The van der Waals surface area contributed by atoms with Crippen molar-refractivity contribution in [2.45, 2.75) is 25.4 Å². The van der Waals surface area contributed by atoms with Crippen LogP contribution in [0.3, 0.4) is 0 Å². The van der Waals surface area contributed by atoms with Crippen molar-refractivity contribution >= 4 is 34.3 Å². The summed E-state index contributed by atoms with van der Waals surface area (Å²) in [7, 11) is 0. The lowest BCUT2D eigenvalue weighted by Gasteiger charge is -2.14. The molecule has 0 saturated heterocycles. The fourth-order valence-electron chi connectivity index (χ4n) is 3.53. The summed E-state index contributed by atoms with van der Waals surface area (Å²) >= 11 is 0. The maximum atomic E-state index is 12.4. The van der Waals surface area contributed by atoms with Crippen LogP contribution in [0.2, 0.25) is 0 Å². The van der Waals surface area contributed by atoms with E-state index in [1.807, 2.05) is 30.5 Å². The van der Waals surface area contributed by atoms with Gasteiger partial charge >= 0.3 is 0 Å². The number of hydrogen-bond acceptors (Lipinski definition) is 3. The lowest BCUT2D eigenvalue weighted by atomic mass is 10.1. The Balaban J connectivity index is 1.27. The third kappa shape index (κ3) is 4.13. The van der Waals surface area contributed by atoms with Crippen LogP contribution in [0.1, 0.15) is 23.2 Å². The fourth-order valence-corrected chi connectivity index (χ4v) is 3.53. The Kier molecular flexibility index (Phi) is 5.29. The molecule has 1 atom stereocenters. The number of hydrogen-bond donors (Lipinski definition) is 3. The highest BCUT2D eigenvalue weighted by Gasteiger charge is 2.27. The monoisotopic (exact) mass is 390 g/mol. The van der Waals surface area contributed by atoms with E-state index < -0.39 is 6.04 Å². The van der Waals surface area contributed by atoms with Gasteiger partial charge in [0.1, 0.15) is 6.04 Å². The van der Waals surface area contributed by atoms with Crippen molar-refractivity contribution in [1.29, 1.82) is 0 Å². The SMILES string of the molecule is O=C(CC[C@@H]1NC(=O)c2ccccc2NC1=O)NCCn1ccc2ccccc21. The Morgan fingerprint density at radius 1 is 1.03 bits per heavy atom. The molecule has 29 heavy (non-hydrogen) atoms. The molecule has 1 aliphatic rings. The molecule has 0 saturated carbocycles. The van der Waals surface area contributed by atoms with Crippen LogP contribution < -0.4 is 16.0 Å². The van der Waals surface area contributed by atoms with Gasteiger partial charge in [-0.25, -0.2) is 0 Å². The molecule has 3 aromatic rings. The average molecular weight is 390 g/mol. The Labute approximate surface area is 168 Å². The van der Waals surface area contributed by atoms with Gasteiger partial charge in [-0.3, -0.25) is 14.4 Å². The van der Waals surface area contributed by atoms with E-state index in [9.17, 15) is 14.4 Å². The number of amides is 3. The van der Waals surface area contributed by atoms with Crippen LogP contribution >= 0.6 is 0 Å². The molecule has 3 amide bonds. The molecule has 0 spiro atoms. The zero-order valence-corrected chi connectivity index (χ0v) is 15.9. The summed E-state index contributed by atoms with van der Waals surface area (Å²) in [5.74, 6) is -0.774. The smallest absolute Gasteiger partial charge is 0.254 e. The topological polar surface area (TPSA) is 92.2 Å². The molecule has 1 aliphatic heterocycles. The van der Waals surface area contributed by atoms with E-state index in [0.717, 1.165) is 10.9 Å². The largest absolute Gasteiger partial charge is 0.354 e. The quantitative estimate of drug-likeness (QED) is 0.603. The normalized spacial score (nSPS) is 15.9. The van der Waals surface area contributed by atoms with Crippen LogP contribution in [0.5, 0.6) is 0 Å². The van der Waals surface area contributed by atoms with E-state index in [1.165, 1.54) is 0 Å². The maximum absolute atomic E-state index is 12.4. The molecule has 4 rings (SSSR count). The van der Waals surface area contributed by atoms with Crippen LogP contribution in [0.15, 0.2) is 60.8 Å². The summed E-state index contributed by atoms with van der Waals surface area (Å²) in [6.45, 7) is 1.15. The highest BCUT2D eigenvalue weighted by Crippen LogP contribution is 2.19. The van der Waals surface area contributed by atoms with Gasteiger partial charge in [0.05, 0.1) is 11.3 Å². The molecular formula is C22H22N4O3. The van der Waals surface area contributed by atoms with Gasteiger partial charge in [0, 0.05) is 31.2 Å². The van der Waals surface area contributed by atoms with Crippen molar-refractivity contribution in [3.63, 3.8) is 0 Å². The number of benzene rings is 2. The van der Waals surface area contributed by atoms with Crippen molar-refractivity contribution in [3.8, 4) is 0 Å². The Bertz CT molecular complexity index is 1070. The summed E-state index contributed by atoms with van der Waals surface area (Å²) in [5, 5.41) is 9.49. The number of anilines is 1. The summed E-state index contributed by atoms with van der Waals surface area (Å²) in [4.78, 5) is 36.9. The minimum atomic E-state index is -0.742. The highest BCUT2D eigenvalue weighted by molar-refractivity contribution is 6.09. The molecule has 0 radical (unpaired) electrons. The van der Waals surface area contributed by atoms with Gasteiger partial charge in [-0.1, -0.05) is 30.3 Å². The molecule has 1 aromatic heterocycles. The molecule has 2 aromatic carbocycles. The molecule has 0 aliphatic carbocycles. The van der Waals surface area contributed by atoms with Crippen LogP contribution in [0.25, 0.3) is 10.9 Å². The fraction of sp³-hybridized carbons (Fsp3) is 0.227. The van der Waals surface area contributed by atoms with Gasteiger partial charge in [0.15, 0.2) is 0 Å². The van der Waals surface area contributed by atoms with Crippen molar-refractivity contribution in [2.24, 2.45) is 0 Å². The number of carbonyl (C=O) groups is 3. The summed E-state index contributed by atoms with van der Waals surface area (Å²) in [5.41, 5.74) is 2.03. The van der Waals surface area contributed by atoms with Gasteiger partial charge < -0.3 is 20.5 Å². The molecule has 3 N–H and O–H groups in total.